The maximum atomic E-state index is 12.6. The summed E-state index contributed by atoms with van der Waals surface area (Å²) in [4.78, 5) is 17.5. The highest BCUT2D eigenvalue weighted by Gasteiger charge is 2.28. The van der Waals surface area contributed by atoms with Crippen LogP contribution in [-0.4, -0.2) is 36.7 Å². The number of amides is 1. The van der Waals surface area contributed by atoms with E-state index in [0.29, 0.717) is 23.0 Å². The SMILES string of the molecule is O=C(Cc1ccc(S(=O)(=O)N2CCCC2)s1)Nc1cccc2cccnc12. The number of para-hydroxylation sites is 1. The molecule has 140 valence electrons. The number of hydrogen-bond acceptors (Lipinski definition) is 5. The summed E-state index contributed by atoms with van der Waals surface area (Å²) in [6.45, 7) is 1.15. The molecule has 1 N–H and O–H groups in total. The van der Waals surface area contributed by atoms with Gasteiger partial charge < -0.3 is 5.32 Å². The number of fused-ring (bicyclic) bond motifs is 1. The minimum atomic E-state index is -3.43. The third-order valence-corrected chi connectivity index (χ3v) is 7.99. The lowest BCUT2D eigenvalue weighted by Gasteiger charge is -2.13. The van der Waals surface area contributed by atoms with Crippen LogP contribution in [0.5, 0.6) is 0 Å². The first-order valence-corrected chi connectivity index (χ1v) is 11.0. The van der Waals surface area contributed by atoms with Gasteiger partial charge in [-0.2, -0.15) is 4.31 Å². The molecule has 0 unspecified atom stereocenters. The highest BCUT2D eigenvalue weighted by Crippen LogP contribution is 2.28. The Hall–Kier alpha value is -2.29. The summed E-state index contributed by atoms with van der Waals surface area (Å²) in [6, 6.07) is 12.7. The smallest absolute Gasteiger partial charge is 0.252 e. The van der Waals surface area contributed by atoms with Crippen LogP contribution in [0.3, 0.4) is 0 Å². The van der Waals surface area contributed by atoms with Crippen LogP contribution in [0.15, 0.2) is 52.9 Å². The summed E-state index contributed by atoms with van der Waals surface area (Å²) in [5, 5.41) is 3.83. The van der Waals surface area contributed by atoms with E-state index in [2.05, 4.69) is 10.3 Å². The number of benzene rings is 1. The Bertz CT molecular complexity index is 1080. The van der Waals surface area contributed by atoms with Crippen LogP contribution >= 0.6 is 11.3 Å². The van der Waals surface area contributed by atoms with Crippen molar-refractivity contribution in [3.05, 3.63) is 53.5 Å². The van der Waals surface area contributed by atoms with Crippen molar-refractivity contribution in [2.75, 3.05) is 18.4 Å². The van der Waals surface area contributed by atoms with Crippen LogP contribution in [0.4, 0.5) is 5.69 Å². The van der Waals surface area contributed by atoms with Gasteiger partial charge in [0.15, 0.2) is 0 Å². The van der Waals surface area contributed by atoms with Gasteiger partial charge in [0.1, 0.15) is 4.21 Å². The number of sulfonamides is 1. The molecule has 3 aromatic rings. The zero-order chi connectivity index (χ0) is 18.9. The fourth-order valence-corrected chi connectivity index (χ4v) is 6.23. The number of anilines is 1. The second-order valence-corrected chi connectivity index (χ2v) is 9.77. The third kappa shape index (κ3) is 3.73. The molecule has 8 heteroatoms. The fourth-order valence-electron chi connectivity index (χ4n) is 3.21. The summed E-state index contributed by atoms with van der Waals surface area (Å²) in [5.74, 6) is -0.194. The van der Waals surface area contributed by atoms with E-state index in [1.54, 1.807) is 18.3 Å². The van der Waals surface area contributed by atoms with E-state index in [0.717, 1.165) is 40.0 Å². The Morgan fingerprint density at radius 3 is 2.70 bits per heavy atom. The molecule has 3 heterocycles. The van der Waals surface area contributed by atoms with E-state index in [4.69, 9.17) is 0 Å². The van der Waals surface area contributed by atoms with Crippen LogP contribution < -0.4 is 5.32 Å². The molecule has 6 nitrogen and oxygen atoms in total. The first kappa shape index (κ1) is 18.1. The van der Waals surface area contributed by atoms with Gasteiger partial charge in [-0.25, -0.2) is 8.42 Å². The second kappa shape index (κ2) is 7.38. The van der Waals surface area contributed by atoms with E-state index in [-0.39, 0.29) is 12.3 Å². The van der Waals surface area contributed by atoms with Crippen LogP contribution in [0, 0.1) is 0 Å². The topological polar surface area (TPSA) is 79.4 Å². The number of nitrogens with zero attached hydrogens (tertiary/aromatic N) is 2. The zero-order valence-corrected chi connectivity index (χ0v) is 16.2. The molecule has 0 atom stereocenters. The van der Waals surface area contributed by atoms with Gasteiger partial charge in [0.05, 0.1) is 17.6 Å². The molecular formula is C19H19N3O3S2. The van der Waals surface area contributed by atoms with Crippen molar-refractivity contribution in [3.63, 3.8) is 0 Å². The first-order valence-electron chi connectivity index (χ1n) is 8.76. The summed E-state index contributed by atoms with van der Waals surface area (Å²) >= 11 is 1.16. The summed E-state index contributed by atoms with van der Waals surface area (Å²) in [5.41, 5.74) is 1.39. The highest BCUT2D eigenvalue weighted by atomic mass is 32.2. The van der Waals surface area contributed by atoms with Gasteiger partial charge in [-0.05, 0) is 37.1 Å². The molecule has 2 aromatic heterocycles. The Morgan fingerprint density at radius 1 is 1.11 bits per heavy atom. The molecular weight excluding hydrogens is 382 g/mol. The molecule has 4 rings (SSSR count). The van der Waals surface area contributed by atoms with Crippen molar-refractivity contribution in [2.45, 2.75) is 23.5 Å². The third-order valence-electron chi connectivity index (χ3n) is 4.54. The van der Waals surface area contributed by atoms with Crippen molar-refractivity contribution in [1.82, 2.24) is 9.29 Å². The average Bonchev–Trinajstić information content (AvgIpc) is 3.34. The lowest BCUT2D eigenvalue weighted by Crippen LogP contribution is -2.27. The number of carbonyl (C=O) groups excluding carboxylic acids is 1. The fraction of sp³-hybridized carbons (Fsp3) is 0.263. The van der Waals surface area contributed by atoms with E-state index in [1.165, 1.54) is 4.31 Å². The van der Waals surface area contributed by atoms with Crippen LogP contribution in [0.2, 0.25) is 0 Å². The van der Waals surface area contributed by atoms with Gasteiger partial charge in [0.25, 0.3) is 10.0 Å². The molecule has 1 saturated heterocycles. The standard InChI is InChI=1S/C19H19N3O3S2/c23-17(21-16-7-3-5-14-6-4-10-20-19(14)16)13-15-8-9-18(26-15)27(24,25)22-11-1-2-12-22/h3-10H,1-2,11-13H2,(H,21,23). The van der Waals surface area contributed by atoms with Gasteiger partial charge in [-0.1, -0.05) is 18.2 Å². The molecule has 0 radical (unpaired) electrons. The van der Waals surface area contributed by atoms with Gasteiger partial charge >= 0.3 is 0 Å². The molecule has 0 aliphatic carbocycles. The molecule has 0 spiro atoms. The molecule has 1 fully saturated rings. The number of hydrogen-bond donors (Lipinski definition) is 1. The number of nitrogens with one attached hydrogen (secondary N) is 1. The van der Waals surface area contributed by atoms with Crippen molar-refractivity contribution >= 4 is 43.9 Å². The maximum Gasteiger partial charge on any atom is 0.252 e. The van der Waals surface area contributed by atoms with Crippen molar-refractivity contribution < 1.29 is 13.2 Å². The summed E-state index contributed by atoms with van der Waals surface area (Å²) < 4.78 is 27.0. The quantitative estimate of drug-likeness (QED) is 0.712. The molecule has 1 aromatic carbocycles. The predicted molar refractivity (Wildman–Crippen MR) is 106 cm³/mol. The molecule has 1 aliphatic heterocycles. The number of aromatic nitrogens is 1. The lowest BCUT2D eigenvalue weighted by molar-refractivity contribution is -0.115. The summed E-state index contributed by atoms with van der Waals surface area (Å²) in [6.07, 6.45) is 3.62. The number of rotatable bonds is 5. The first-order chi connectivity index (χ1) is 13.0. The number of pyridine rings is 1. The van der Waals surface area contributed by atoms with E-state index < -0.39 is 10.0 Å². The summed E-state index contributed by atoms with van der Waals surface area (Å²) in [7, 11) is -3.43. The molecule has 0 bridgehead atoms. The van der Waals surface area contributed by atoms with Gasteiger partial charge in [-0.15, -0.1) is 11.3 Å². The van der Waals surface area contributed by atoms with Crippen molar-refractivity contribution in [1.29, 1.82) is 0 Å². The maximum absolute atomic E-state index is 12.6. The Kier molecular flexibility index (Phi) is 4.94. The number of thiophene rings is 1. The zero-order valence-electron chi connectivity index (χ0n) is 14.6. The highest BCUT2D eigenvalue weighted by molar-refractivity contribution is 7.91. The average molecular weight is 402 g/mol. The Labute approximate surface area is 161 Å². The van der Waals surface area contributed by atoms with Crippen molar-refractivity contribution in [2.24, 2.45) is 0 Å². The largest absolute Gasteiger partial charge is 0.324 e. The van der Waals surface area contributed by atoms with Gasteiger partial charge in [0.2, 0.25) is 5.91 Å². The molecule has 27 heavy (non-hydrogen) atoms. The predicted octanol–water partition coefficient (Wildman–Crippen LogP) is 3.26. The minimum absolute atomic E-state index is 0.128. The van der Waals surface area contributed by atoms with E-state index >= 15 is 0 Å². The normalized spacial score (nSPS) is 15.3. The number of carbonyl (C=O) groups is 1. The molecule has 1 amide bonds. The van der Waals surface area contributed by atoms with Crippen LogP contribution in [0.1, 0.15) is 17.7 Å². The lowest BCUT2D eigenvalue weighted by atomic mass is 10.2. The van der Waals surface area contributed by atoms with E-state index in [9.17, 15) is 13.2 Å². The monoisotopic (exact) mass is 401 g/mol. The van der Waals surface area contributed by atoms with Gasteiger partial charge in [0, 0.05) is 29.5 Å². The Balaban J connectivity index is 1.48. The van der Waals surface area contributed by atoms with Crippen LogP contribution in [-0.2, 0) is 21.2 Å². The minimum Gasteiger partial charge on any atom is -0.324 e. The molecule has 1 aliphatic rings. The van der Waals surface area contributed by atoms with Crippen molar-refractivity contribution in [3.8, 4) is 0 Å². The van der Waals surface area contributed by atoms with E-state index in [1.807, 2.05) is 30.3 Å². The molecule has 0 saturated carbocycles. The van der Waals surface area contributed by atoms with Crippen LogP contribution in [0.25, 0.3) is 10.9 Å². The second-order valence-electron chi connectivity index (χ2n) is 6.44. The van der Waals surface area contributed by atoms with Gasteiger partial charge in [-0.3, -0.25) is 9.78 Å². The Morgan fingerprint density at radius 2 is 1.89 bits per heavy atom.